The third-order valence-corrected chi connectivity index (χ3v) is 4.98. The molecule has 0 unspecified atom stereocenters. The zero-order valence-electron chi connectivity index (χ0n) is 16.1. The summed E-state index contributed by atoms with van der Waals surface area (Å²) >= 11 is 0. The zero-order valence-corrected chi connectivity index (χ0v) is 16.1. The molecule has 0 spiro atoms. The number of hydrogen-bond donors (Lipinski definition) is 1. The van der Waals surface area contributed by atoms with Crippen LogP contribution < -0.4 is 0 Å². The van der Waals surface area contributed by atoms with Crippen LogP contribution in [0, 0.1) is 0 Å². The number of esters is 1. The molecule has 0 saturated heterocycles. The molecule has 0 amide bonds. The summed E-state index contributed by atoms with van der Waals surface area (Å²) in [6, 6.07) is 24.6. The summed E-state index contributed by atoms with van der Waals surface area (Å²) in [6.07, 6.45) is 0.899. The third kappa shape index (κ3) is 3.83. The van der Waals surface area contributed by atoms with Crippen LogP contribution in [0.2, 0.25) is 0 Å². The fraction of sp³-hybridized carbons (Fsp3) is 0.120. The predicted octanol–water partition coefficient (Wildman–Crippen LogP) is 5.44. The van der Waals surface area contributed by atoms with Gasteiger partial charge in [0, 0.05) is 10.9 Å². The minimum Gasteiger partial charge on any atom is -0.454 e. The second-order valence-corrected chi connectivity index (χ2v) is 6.84. The van der Waals surface area contributed by atoms with Crippen LogP contribution in [-0.4, -0.2) is 23.3 Å². The van der Waals surface area contributed by atoms with Crippen molar-refractivity contribution in [1.82, 2.24) is 4.98 Å². The average Bonchev–Trinajstić information content (AvgIpc) is 3.17. The highest BCUT2D eigenvalue weighted by Crippen LogP contribution is 2.30. The second-order valence-electron chi connectivity index (χ2n) is 6.84. The highest BCUT2D eigenvalue weighted by atomic mass is 16.5. The molecule has 4 nitrogen and oxygen atoms in total. The van der Waals surface area contributed by atoms with Crippen molar-refractivity contribution in [2.24, 2.45) is 0 Å². The molecule has 0 aliphatic rings. The fourth-order valence-corrected chi connectivity index (χ4v) is 3.42. The monoisotopic (exact) mass is 383 g/mol. The van der Waals surface area contributed by atoms with Crippen molar-refractivity contribution in [3.63, 3.8) is 0 Å². The number of benzene rings is 3. The molecule has 0 bridgehead atoms. The molecule has 1 aromatic heterocycles. The molecule has 0 saturated carbocycles. The van der Waals surface area contributed by atoms with E-state index >= 15 is 0 Å². The number of rotatable bonds is 6. The third-order valence-electron chi connectivity index (χ3n) is 4.98. The lowest BCUT2D eigenvalue weighted by Gasteiger charge is -2.07. The van der Waals surface area contributed by atoms with Crippen molar-refractivity contribution in [2.75, 3.05) is 6.61 Å². The van der Waals surface area contributed by atoms with Gasteiger partial charge in [-0.05, 0) is 35.7 Å². The summed E-state index contributed by atoms with van der Waals surface area (Å²) in [4.78, 5) is 28.7. The van der Waals surface area contributed by atoms with E-state index in [4.69, 9.17) is 4.74 Å². The number of nitrogens with one attached hydrogen (secondary N) is 1. The summed E-state index contributed by atoms with van der Waals surface area (Å²) in [7, 11) is 0. The van der Waals surface area contributed by atoms with E-state index in [0.717, 1.165) is 34.1 Å². The first kappa shape index (κ1) is 18.7. The number of para-hydroxylation sites is 1. The number of carbonyl (C=O) groups is 2. The van der Waals surface area contributed by atoms with Crippen LogP contribution in [0.15, 0.2) is 78.9 Å². The molecule has 4 rings (SSSR count). The van der Waals surface area contributed by atoms with E-state index in [1.165, 1.54) is 0 Å². The normalized spacial score (nSPS) is 10.8. The molecule has 4 aromatic rings. The molecule has 1 heterocycles. The van der Waals surface area contributed by atoms with Gasteiger partial charge < -0.3 is 9.72 Å². The molecule has 29 heavy (non-hydrogen) atoms. The predicted molar refractivity (Wildman–Crippen MR) is 114 cm³/mol. The van der Waals surface area contributed by atoms with Gasteiger partial charge in [-0.15, -0.1) is 0 Å². The second kappa shape index (κ2) is 8.15. The molecule has 0 aliphatic heterocycles. The molecule has 0 fully saturated rings. The standard InChI is InChI=1S/C25H21NO3/c1-2-17-12-14-19(15-13-17)25(28)29-16-22(27)23-20-10-6-7-11-21(20)26-24(23)18-8-4-3-5-9-18/h3-15,26H,2,16H2,1H3. The number of fused-ring (bicyclic) bond motifs is 1. The minimum absolute atomic E-state index is 0.236. The topological polar surface area (TPSA) is 59.2 Å². The Morgan fingerprint density at radius 2 is 1.55 bits per heavy atom. The molecule has 0 atom stereocenters. The van der Waals surface area contributed by atoms with Crippen molar-refractivity contribution in [2.45, 2.75) is 13.3 Å². The summed E-state index contributed by atoms with van der Waals surface area (Å²) in [6.45, 7) is 1.74. The first-order chi connectivity index (χ1) is 14.2. The molecule has 1 N–H and O–H groups in total. The van der Waals surface area contributed by atoms with E-state index in [2.05, 4.69) is 11.9 Å². The smallest absolute Gasteiger partial charge is 0.338 e. The van der Waals surface area contributed by atoms with Gasteiger partial charge in [-0.1, -0.05) is 67.6 Å². The van der Waals surface area contributed by atoms with Gasteiger partial charge in [-0.2, -0.15) is 0 Å². The maximum absolute atomic E-state index is 13.1. The lowest BCUT2D eigenvalue weighted by atomic mass is 10.0. The fourth-order valence-electron chi connectivity index (χ4n) is 3.42. The van der Waals surface area contributed by atoms with Gasteiger partial charge in [0.05, 0.1) is 16.8 Å². The highest BCUT2D eigenvalue weighted by molar-refractivity contribution is 6.14. The number of H-pyrrole nitrogens is 1. The van der Waals surface area contributed by atoms with Crippen LogP contribution in [0.25, 0.3) is 22.2 Å². The highest BCUT2D eigenvalue weighted by Gasteiger charge is 2.21. The summed E-state index contributed by atoms with van der Waals surface area (Å²) in [5.74, 6) is -0.734. The lowest BCUT2D eigenvalue weighted by molar-refractivity contribution is 0.0475. The van der Waals surface area contributed by atoms with Gasteiger partial charge in [-0.25, -0.2) is 4.79 Å². The minimum atomic E-state index is -0.498. The SMILES string of the molecule is CCc1ccc(C(=O)OCC(=O)c2c(-c3ccccc3)[nH]c3ccccc23)cc1. The Morgan fingerprint density at radius 3 is 2.28 bits per heavy atom. The Bertz CT molecular complexity index is 1160. The van der Waals surface area contributed by atoms with Crippen LogP contribution in [0.3, 0.4) is 0 Å². The number of hydrogen-bond acceptors (Lipinski definition) is 3. The Labute approximate surface area is 169 Å². The summed E-state index contributed by atoms with van der Waals surface area (Å²) < 4.78 is 5.32. The van der Waals surface area contributed by atoms with Gasteiger partial charge in [0.25, 0.3) is 0 Å². The number of Topliss-reactive ketones (excluding diaryl/α,β-unsaturated/α-hetero) is 1. The van der Waals surface area contributed by atoms with Crippen LogP contribution in [0.4, 0.5) is 0 Å². The number of aromatic amines is 1. The number of aryl methyl sites for hydroxylation is 1. The Kier molecular flexibility index (Phi) is 5.25. The molecular weight excluding hydrogens is 362 g/mol. The largest absolute Gasteiger partial charge is 0.454 e. The van der Waals surface area contributed by atoms with E-state index in [9.17, 15) is 9.59 Å². The van der Waals surface area contributed by atoms with Gasteiger partial charge in [0.1, 0.15) is 0 Å². The number of ketones is 1. The lowest BCUT2D eigenvalue weighted by Crippen LogP contribution is -2.14. The van der Waals surface area contributed by atoms with Crippen LogP contribution >= 0.6 is 0 Å². The van der Waals surface area contributed by atoms with Gasteiger partial charge >= 0.3 is 5.97 Å². The summed E-state index contributed by atoms with van der Waals surface area (Å²) in [5.41, 5.74) is 4.65. The maximum atomic E-state index is 13.1. The van der Waals surface area contributed by atoms with Crippen molar-refractivity contribution in [3.05, 3.63) is 95.6 Å². The first-order valence-electron chi connectivity index (χ1n) is 9.62. The van der Waals surface area contributed by atoms with E-state index in [1.54, 1.807) is 12.1 Å². The van der Waals surface area contributed by atoms with E-state index in [1.807, 2.05) is 66.7 Å². The average molecular weight is 383 g/mol. The molecule has 144 valence electrons. The van der Waals surface area contributed by atoms with Crippen LogP contribution in [0.1, 0.15) is 33.2 Å². The molecule has 4 heteroatoms. The Balaban J connectivity index is 1.60. The van der Waals surface area contributed by atoms with Gasteiger partial charge in [-0.3, -0.25) is 4.79 Å². The first-order valence-corrected chi connectivity index (χ1v) is 9.62. The zero-order chi connectivity index (χ0) is 20.2. The van der Waals surface area contributed by atoms with Crippen molar-refractivity contribution >= 4 is 22.7 Å². The van der Waals surface area contributed by atoms with E-state index < -0.39 is 5.97 Å². The van der Waals surface area contributed by atoms with Crippen molar-refractivity contribution < 1.29 is 14.3 Å². The van der Waals surface area contributed by atoms with Gasteiger partial charge in [0.2, 0.25) is 5.78 Å². The number of aromatic nitrogens is 1. The maximum Gasteiger partial charge on any atom is 0.338 e. The van der Waals surface area contributed by atoms with Gasteiger partial charge in [0.15, 0.2) is 6.61 Å². The molecule has 3 aromatic carbocycles. The van der Waals surface area contributed by atoms with Crippen molar-refractivity contribution in [1.29, 1.82) is 0 Å². The van der Waals surface area contributed by atoms with E-state index in [0.29, 0.717) is 11.1 Å². The van der Waals surface area contributed by atoms with Crippen LogP contribution in [0.5, 0.6) is 0 Å². The molecule has 0 radical (unpaired) electrons. The number of ether oxygens (including phenoxy) is 1. The Hall–Kier alpha value is -3.66. The van der Waals surface area contributed by atoms with Crippen LogP contribution in [-0.2, 0) is 11.2 Å². The summed E-state index contributed by atoms with van der Waals surface area (Å²) in [5, 5.41) is 0.819. The quantitative estimate of drug-likeness (QED) is 0.356. The molecular formula is C25H21NO3. The Morgan fingerprint density at radius 1 is 0.862 bits per heavy atom. The molecule has 0 aliphatic carbocycles. The number of carbonyl (C=O) groups excluding carboxylic acids is 2. The van der Waals surface area contributed by atoms with E-state index in [-0.39, 0.29) is 12.4 Å². The van der Waals surface area contributed by atoms with Crippen molar-refractivity contribution in [3.8, 4) is 11.3 Å².